The van der Waals surface area contributed by atoms with E-state index in [1.165, 1.54) is 6.92 Å². The second kappa shape index (κ2) is 11.0. The van der Waals surface area contributed by atoms with Gasteiger partial charge in [0.25, 0.3) is 0 Å². The molecule has 1 N–H and O–H groups in total. The zero-order chi connectivity index (χ0) is 26.5. The Morgan fingerprint density at radius 2 is 1.50 bits per heavy atom. The van der Waals surface area contributed by atoms with Crippen LogP contribution in [-0.4, -0.2) is 37.3 Å². The summed E-state index contributed by atoms with van der Waals surface area (Å²) in [4.78, 5) is 25.5. The second-order valence-electron chi connectivity index (χ2n) is 5.48. The van der Waals surface area contributed by atoms with Crippen molar-refractivity contribution in [1.82, 2.24) is 0 Å². The summed E-state index contributed by atoms with van der Waals surface area (Å²) in [6.07, 6.45) is 0.570. The molecule has 1 aliphatic carbocycles. The molecule has 0 radical (unpaired) electrons. The van der Waals surface area contributed by atoms with E-state index in [-0.39, 0.29) is 24.0 Å². The van der Waals surface area contributed by atoms with Crippen LogP contribution in [0.4, 0.5) is 0 Å². The lowest BCUT2D eigenvalue weighted by Crippen LogP contribution is -2.25. The third-order valence-corrected chi connectivity index (χ3v) is 3.87. The molecule has 5 nitrogen and oxygen atoms in total. The van der Waals surface area contributed by atoms with Crippen molar-refractivity contribution in [3.05, 3.63) is 22.7 Å². The van der Waals surface area contributed by atoms with Crippen LogP contribution in [0.5, 0.6) is 0 Å². The highest BCUT2D eigenvalue weighted by atomic mass is 16.5. The van der Waals surface area contributed by atoms with Crippen LogP contribution in [-0.2, 0) is 19.1 Å². The third kappa shape index (κ3) is 5.48. The number of ketones is 2. The first kappa shape index (κ1) is 9.76. The van der Waals surface area contributed by atoms with Gasteiger partial charge in [-0.25, -0.2) is 0 Å². The van der Waals surface area contributed by atoms with Gasteiger partial charge in [0.1, 0.15) is 0 Å². The normalized spacial score (nSPS) is 23.8. The van der Waals surface area contributed by atoms with Crippen LogP contribution >= 0.6 is 0 Å². The molecule has 1 aliphatic rings. The minimum absolute atomic E-state index is 0.0173. The van der Waals surface area contributed by atoms with Crippen molar-refractivity contribution in [3.8, 4) is 0 Å². The summed E-state index contributed by atoms with van der Waals surface area (Å²) in [5.41, 5.74) is -0.0303. The van der Waals surface area contributed by atoms with Gasteiger partial charge in [0, 0.05) is 20.4 Å². The molecule has 0 heterocycles. The first-order chi connectivity index (χ1) is 15.2. The largest absolute Gasteiger partial charge is 0.489 e. The summed E-state index contributed by atoms with van der Waals surface area (Å²) < 4.78 is 82.1. The molecule has 0 aromatic heterocycles. The van der Waals surface area contributed by atoms with Crippen molar-refractivity contribution in [1.29, 1.82) is 0 Å². The van der Waals surface area contributed by atoms with Gasteiger partial charge >= 0.3 is 0 Å². The number of aliphatic hydroxyl groups is 1. The highest BCUT2D eigenvalue weighted by molar-refractivity contribution is 6.23. The fourth-order valence-electron chi connectivity index (χ4n) is 2.53. The number of ether oxygens (including phenoxy) is 2. The highest BCUT2D eigenvalue weighted by Gasteiger charge is 2.34. The average Bonchev–Trinajstić information content (AvgIpc) is 2.60. The van der Waals surface area contributed by atoms with E-state index in [4.69, 9.17) is 18.8 Å². The maximum absolute atomic E-state index is 12.8. The summed E-state index contributed by atoms with van der Waals surface area (Å²) >= 11 is 0. The minimum Gasteiger partial charge on any atom is -0.489 e. The molecule has 0 saturated heterocycles. The standard InChI is InChI=1S/C19H30O5/c1-14-15(12-10-8-6-4-5-7-9-11-13-20)17(22)19(24-3)18(23-2)16(14)21/h20H,4-13H2,1-3H3/i2D3,3D3,9D2,13D2. The fraction of sp³-hybridized carbons (Fsp3) is 0.684. The molecule has 0 fully saturated rings. The smallest absolute Gasteiger partial charge is 0.228 e. The molecular formula is C19H30O5. The van der Waals surface area contributed by atoms with Crippen molar-refractivity contribution in [3.63, 3.8) is 0 Å². The Morgan fingerprint density at radius 3 is 2.12 bits per heavy atom. The van der Waals surface area contributed by atoms with Crippen LogP contribution in [0.25, 0.3) is 0 Å². The molecule has 0 spiro atoms. The average molecular weight is 349 g/mol. The summed E-state index contributed by atoms with van der Waals surface area (Å²) in [7, 11) is -6.20. The zero-order valence-electron chi connectivity index (χ0n) is 23.7. The molecule has 0 amide bonds. The third-order valence-electron chi connectivity index (χ3n) is 3.87. The molecule has 5 heteroatoms. The van der Waals surface area contributed by atoms with Crippen LogP contribution in [0.15, 0.2) is 22.7 Å². The maximum atomic E-state index is 12.8. The summed E-state index contributed by atoms with van der Waals surface area (Å²) in [5.74, 6) is -3.76. The lowest BCUT2D eigenvalue weighted by Gasteiger charge is -2.20. The first-order valence-electron chi connectivity index (χ1n) is 12.9. The van der Waals surface area contributed by atoms with E-state index < -0.39 is 56.5 Å². The van der Waals surface area contributed by atoms with Gasteiger partial charge in [0.05, 0.1) is 25.0 Å². The fourth-order valence-corrected chi connectivity index (χ4v) is 2.53. The Hall–Kier alpha value is -1.62. The quantitative estimate of drug-likeness (QED) is 0.432. The van der Waals surface area contributed by atoms with Crippen LogP contribution < -0.4 is 0 Å². The van der Waals surface area contributed by atoms with Crippen molar-refractivity contribution in [2.75, 3.05) is 20.6 Å². The number of allylic oxidation sites excluding steroid dienone is 2. The van der Waals surface area contributed by atoms with Gasteiger partial charge in [-0.3, -0.25) is 9.59 Å². The van der Waals surface area contributed by atoms with Gasteiger partial charge in [-0.05, 0) is 26.2 Å². The molecule has 0 aromatic rings. The van der Waals surface area contributed by atoms with Crippen LogP contribution in [0, 0.1) is 0 Å². The number of carbonyl (C=O) groups is 2. The first-order valence-corrected chi connectivity index (χ1v) is 7.86. The SMILES string of the molecule is [2H]C([2H])(O)CC([2H])([2H])CCCCCCCC1=C(C)C(=O)C(OC([2H])([2H])[2H])=C(OC([2H])([2H])[2H])C1=O. The number of unbranched alkanes of at least 4 members (excludes halogenated alkanes) is 4. The Kier molecular flexibility index (Phi) is 4.48. The highest BCUT2D eigenvalue weighted by Crippen LogP contribution is 2.28. The Labute approximate surface area is 158 Å². The van der Waals surface area contributed by atoms with Gasteiger partial charge in [-0.2, -0.15) is 0 Å². The molecule has 1 rings (SSSR count). The van der Waals surface area contributed by atoms with Crippen molar-refractivity contribution >= 4 is 11.6 Å². The molecule has 0 unspecified atom stereocenters. The number of methoxy groups -OCH3 is 2. The lowest BCUT2D eigenvalue weighted by atomic mass is 9.89. The van der Waals surface area contributed by atoms with Crippen LogP contribution in [0.2, 0.25) is 0 Å². The molecule has 0 saturated carbocycles. The molecule has 136 valence electrons. The van der Waals surface area contributed by atoms with E-state index in [0.29, 0.717) is 32.1 Å². The number of hydrogen-bond acceptors (Lipinski definition) is 5. The molecule has 24 heavy (non-hydrogen) atoms. The number of rotatable bonds is 12. The Balaban J connectivity index is 2.72. The van der Waals surface area contributed by atoms with Crippen LogP contribution in [0.3, 0.4) is 0 Å². The van der Waals surface area contributed by atoms with E-state index in [0.717, 1.165) is 0 Å². The monoisotopic (exact) mass is 348 g/mol. The minimum atomic E-state index is -3.11. The van der Waals surface area contributed by atoms with Gasteiger partial charge < -0.3 is 14.6 Å². The van der Waals surface area contributed by atoms with Crippen molar-refractivity contribution in [2.45, 2.75) is 64.7 Å². The number of carbonyl (C=O) groups excluding carboxylic acids is 2. The van der Waals surface area contributed by atoms with E-state index in [2.05, 4.69) is 9.47 Å². The van der Waals surface area contributed by atoms with E-state index in [1.807, 2.05) is 0 Å². The number of hydrogen-bond donors (Lipinski definition) is 1. The zero-order valence-corrected chi connectivity index (χ0v) is 13.7. The maximum Gasteiger partial charge on any atom is 0.228 e. The van der Waals surface area contributed by atoms with E-state index in [9.17, 15) is 9.59 Å². The summed E-state index contributed by atoms with van der Waals surface area (Å²) in [6.45, 7) is -1.25. The predicted octanol–water partition coefficient (Wildman–Crippen LogP) is 3.46. The topological polar surface area (TPSA) is 72.8 Å². The molecule has 0 bridgehead atoms. The van der Waals surface area contributed by atoms with Crippen LogP contribution in [0.1, 0.15) is 78.4 Å². The van der Waals surface area contributed by atoms with Gasteiger partial charge in [0.2, 0.25) is 23.1 Å². The predicted molar refractivity (Wildman–Crippen MR) is 92.4 cm³/mol. The molecule has 0 aromatic carbocycles. The molecular weight excluding hydrogens is 308 g/mol. The Morgan fingerprint density at radius 1 is 0.917 bits per heavy atom. The second-order valence-corrected chi connectivity index (χ2v) is 5.48. The Bertz CT molecular complexity index is 819. The number of Topliss-reactive ketones (excluding diaryl/α,β-unsaturated/α-hetero) is 2. The van der Waals surface area contributed by atoms with Gasteiger partial charge in [-0.1, -0.05) is 38.5 Å². The lowest BCUT2D eigenvalue weighted by molar-refractivity contribution is -0.121. The summed E-state index contributed by atoms with van der Waals surface area (Å²) in [5, 5.41) is 9.12. The van der Waals surface area contributed by atoms with E-state index >= 15 is 0 Å². The van der Waals surface area contributed by atoms with E-state index in [1.54, 1.807) is 0 Å². The van der Waals surface area contributed by atoms with Gasteiger partial charge in [0.15, 0.2) is 0 Å². The molecule has 0 atom stereocenters. The van der Waals surface area contributed by atoms with Crippen molar-refractivity contribution < 1.29 is 37.9 Å². The van der Waals surface area contributed by atoms with Crippen molar-refractivity contribution in [2.24, 2.45) is 0 Å². The van der Waals surface area contributed by atoms with Gasteiger partial charge in [-0.15, -0.1) is 0 Å². The molecule has 0 aliphatic heterocycles. The summed E-state index contributed by atoms with van der Waals surface area (Å²) in [6, 6.07) is 0.